The first-order valence-electron chi connectivity index (χ1n) is 6.07. The van der Waals surface area contributed by atoms with Crippen LogP contribution in [0.15, 0.2) is 12.1 Å². The highest BCUT2D eigenvalue weighted by Gasteiger charge is 2.50. The summed E-state index contributed by atoms with van der Waals surface area (Å²) in [5, 5.41) is 2.96. The zero-order valence-electron chi connectivity index (χ0n) is 10.7. The second kappa shape index (κ2) is 4.97. The maximum Gasteiger partial charge on any atom is 0.233 e. The van der Waals surface area contributed by atoms with Gasteiger partial charge in [0, 0.05) is 9.75 Å². The summed E-state index contributed by atoms with van der Waals surface area (Å²) in [6, 6.07) is 4.10. The SMILES string of the molecule is Cc1ccc(CNC(=O)C2(C(N)=S)CC(C)C2)s1. The minimum Gasteiger partial charge on any atom is -0.392 e. The van der Waals surface area contributed by atoms with E-state index in [4.69, 9.17) is 18.0 Å². The summed E-state index contributed by atoms with van der Waals surface area (Å²) < 4.78 is 0. The third kappa shape index (κ3) is 2.42. The van der Waals surface area contributed by atoms with Crippen LogP contribution in [0.1, 0.15) is 29.5 Å². The monoisotopic (exact) mass is 282 g/mol. The predicted octanol–water partition coefficient (Wildman–Crippen LogP) is 2.38. The Morgan fingerprint density at radius 3 is 2.72 bits per heavy atom. The van der Waals surface area contributed by atoms with Gasteiger partial charge in [0.05, 0.1) is 16.9 Å². The third-order valence-electron chi connectivity index (χ3n) is 3.52. The molecule has 0 atom stereocenters. The first-order valence-corrected chi connectivity index (χ1v) is 7.30. The molecular weight excluding hydrogens is 264 g/mol. The van der Waals surface area contributed by atoms with Gasteiger partial charge in [-0.05, 0) is 37.8 Å². The number of hydrogen-bond donors (Lipinski definition) is 2. The van der Waals surface area contributed by atoms with Crippen LogP contribution in [0.25, 0.3) is 0 Å². The van der Waals surface area contributed by atoms with Crippen LogP contribution in [0.2, 0.25) is 0 Å². The Morgan fingerprint density at radius 1 is 1.61 bits per heavy atom. The Labute approximate surface area is 117 Å². The summed E-state index contributed by atoms with van der Waals surface area (Å²) in [6.45, 7) is 4.74. The maximum absolute atomic E-state index is 12.2. The molecule has 1 aromatic heterocycles. The Bertz CT molecular complexity index is 475. The smallest absolute Gasteiger partial charge is 0.233 e. The number of thiocarbonyl (C=S) groups is 1. The number of rotatable bonds is 4. The summed E-state index contributed by atoms with van der Waals surface area (Å²) in [5.74, 6) is 0.514. The number of amides is 1. The van der Waals surface area contributed by atoms with Gasteiger partial charge in [0.25, 0.3) is 0 Å². The second-order valence-corrected chi connectivity index (χ2v) is 6.97. The van der Waals surface area contributed by atoms with Crippen LogP contribution < -0.4 is 11.1 Å². The molecule has 1 fully saturated rings. The van der Waals surface area contributed by atoms with Crippen molar-refractivity contribution >= 4 is 34.5 Å². The zero-order chi connectivity index (χ0) is 13.3. The number of thiophene rings is 1. The van der Waals surface area contributed by atoms with Crippen molar-refractivity contribution in [2.24, 2.45) is 17.1 Å². The lowest BCUT2D eigenvalue weighted by Gasteiger charge is -2.44. The fourth-order valence-corrected chi connectivity index (χ4v) is 3.63. The van der Waals surface area contributed by atoms with Crippen molar-refractivity contribution in [2.75, 3.05) is 0 Å². The molecule has 0 bridgehead atoms. The minimum atomic E-state index is -0.596. The standard InChI is InChI=1S/C13H18N2OS2/c1-8-5-13(6-8,11(14)17)12(16)15-7-10-4-3-9(2)18-10/h3-4,8H,5-7H2,1-2H3,(H2,14,17)(H,15,16). The van der Waals surface area contributed by atoms with E-state index in [2.05, 4.69) is 25.2 Å². The number of nitrogens with one attached hydrogen (secondary N) is 1. The van der Waals surface area contributed by atoms with Crippen LogP contribution in [0.4, 0.5) is 0 Å². The van der Waals surface area contributed by atoms with Crippen molar-refractivity contribution in [1.29, 1.82) is 0 Å². The molecule has 98 valence electrons. The summed E-state index contributed by atoms with van der Waals surface area (Å²) in [5.41, 5.74) is 5.15. The zero-order valence-corrected chi connectivity index (χ0v) is 12.3. The van der Waals surface area contributed by atoms with Crippen LogP contribution >= 0.6 is 23.6 Å². The fourth-order valence-electron chi connectivity index (χ4n) is 2.55. The predicted molar refractivity (Wildman–Crippen MR) is 78.5 cm³/mol. The van der Waals surface area contributed by atoms with Gasteiger partial charge in [0.15, 0.2) is 0 Å². The lowest BCUT2D eigenvalue weighted by Crippen LogP contribution is -2.55. The average Bonchev–Trinajstić information content (AvgIpc) is 2.67. The molecule has 0 saturated heterocycles. The molecule has 1 saturated carbocycles. The summed E-state index contributed by atoms with van der Waals surface area (Å²) in [6.07, 6.45) is 1.55. The van der Waals surface area contributed by atoms with E-state index in [1.807, 2.05) is 6.07 Å². The number of carbonyl (C=O) groups excluding carboxylic acids is 1. The highest BCUT2D eigenvalue weighted by molar-refractivity contribution is 7.80. The van der Waals surface area contributed by atoms with E-state index in [0.717, 1.165) is 17.7 Å². The molecule has 1 amide bonds. The van der Waals surface area contributed by atoms with Crippen LogP contribution in [0, 0.1) is 18.3 Å². The van der Waals surface area contributed by atoms with Gasteiger partial charge in [0.2, 0.25) is 5.91 Å². The molecule has 1 aliphatic carbocycles. The van der Waals surface area contributed by atoms with Crippen LogP contribution in [-0.2, 0) is 11.3 Å². The highest BCUT2D eigenvalue weighted by Crippen LogP contribution is 2.46. The van der Waals surface area contributed by atoms with Crippen LogP contribution in [0.3, 0.4) is 0 Å². The van der Waals surface area contributed by atoms with Crippen molar-refractivity contribution < 1.29 is 4.79 Å². The van der Waals surface area contributed by atoms with E-state index in [1.165, 1.54) is 4.88 Å². The van der Waals surface area contributed by atoms with E-state index in [0.29, 0.717) is 17.5 Å². The van der Waals surface area contributed by atoms with Crippen LogP contribution in [0.5, 0.6) is 0 Å². The van der Waals surface area contributed by atoms with Crippen molar-refractivity contribution in [3.63, 3.8) is 0 Å². The molecule has 5 heteroatoms. The maximum atomic E-state index is 12.2. The van der Waals surface area contributed by atoms with E-state index in [1.54, 1.807) is 11.3 Å². The third-order valence-corrected chi connectivity index (χ3v) is 4.91. The summed E-state index contributed by atoms with van der Waals surface area (Å²) in [4.78, 5) is 15.0. The molecule has 1 heterocycles. The minimum absolute atomic E-state index is 0.0147. The molecule has 0 aromatic carbocycles. The van der Waals surface area contributed by atoms with Gasteiger partial charge in [-0.3, -0.25) is 4.79 Å². The molecule has 3 nitrogen and oxygen atoms in total. The topological polar surface area (TPSA) is 55.1 Å². The van der Waals surface area contributed by atoms with E-state index in [-0.39, 0.29) is 5.91 Å². The lowest BCUT2D eigenvalue weighted by molar-refractivity contribution is -0.133. The van der Waals surface area contributed by atoms with E-state index in [9.17, 15) is 4.79 Å². The van der Waals surface area contributed by atoms with Gasteiger partial charge in [-0.25, -0.2) is 0 Å². The van der Waals surface area contributed by atoms with E-state index >= 15 is 0 Å². The normalized spacial score (nSPS) is 26.4. The molecular formula is C13H18N2OS2. The summed E-state index contributed by atoms with van der Waals surface area (Å²) >= 11 is 6.76. The quantitative estimate of drug-likeness (QED) is 0.834. The van der Waals surface area contributed by atoms with Crippen molar-refractivity contribution in [1.82, 2.24) is 5.32 Å². The lowest BCUT2D eigenvalue weighted by atomic mass is 9.62. The van der Waals surface area contributed by atoms with Gasteiger partial charge in [-0.15, -0.1) is 11.3 Å². The average molecular weight is 282 g/mol. The number of carbonyl (C=O) groups is 1. The van der Waals surface area contributed by atoms with Gasteiger partial charge < -0.3 is 11.1 Å². The Kier molecular flexibility index (Phi) is 3.73. The molecule has 1 aromatic rings. The van der Waals surface area contributed by atoms with E-state index < -0.39 is 5.41 Å². The first kappa shape index (κ1) is 13.5. The molecule has 18 heavy (non-hydrogen) atoms. The molecule has 3 N–H and O–H groups in total. The number of hydrogen-bond acceptors (Lipinski definition) is 3. The number of aryl methyl sites for hydroxylation is 1. The molecule has 0 radical (unpaired) electrons. The van der Waals surface area contributed by atoms with Gasteiger partial charge >= 0.3 is 0 Å². The highest BCUT2D eigenvalue weighted by atomic mass is 32.1. The molecule has 0 aliphatic heterocycles. The van der Waals surface area contributed by atoms with Crippen molar-refractivity contribution in [3.8, 4) is 0 Å². The summed E-state index contributed by atoms with van der Waals surface area (Å²) in [7, 11) is 0. The Hall–Kier alpha value is -0.940. The van der Waals surface area contributed by atoms with Crippen molar-refractivity contribution in [3.05, 3.63) is 21.9 Å². The van der Waals surface area contributed by atoms with Gasteiger partial charge in [-0.1, -0.05) is 19.1 Å². The largest absolute Gasteiger partial charge is 0.392 e. The Balaban J connectivity index is 1.97. The molecule has 0 unspecified atom stereocenters. The fraction of sp³-hybridized carbons (Fsp3) is 0.538. The molecule has 1 aliphatic rings. The molecule has 0 spiro atoms. The second-order valence-electron chi connectivity index (χ2n) is 5.15. The first-order chi connectivity index (χ1) is 8.44. The van der Waals surface area contributed by atoms with Crippen molar-refractivity contribution in [2.45, 2.75) is 33.2 Å². The number of nitrogens with two attached hydrogens (primary N) is 1. The molecule has 2 rings (SSSR count). The Morgan fingerprint density at radius 2 is 2.28 bits per heavy atom. The van der Waals surface area contributed by atoms with Crippen LogP contribution in [-0.4, -0.2) is 10.9 Å². The van der Waals surface area contributed by atoms with Gasteiger partial charge in [0.1, 0.15) is 0 Å². The van der Waals surface area contributed by atoms with Gasteiger partial charge in [-0.2, -0.15) is 0 Å².